The number of hydrogen-bond donors (Lipinski definition) is 1. The van der Waals surface area contributed by atoms with E-state index in [2.05, 4.69) is 10.4 Å². The summed E-state index contributed by atoms with van der Waals surface area (Å²) in [7, 11) is 0. The molecule has 1 aromatic heterocycles. The number of nitrogens with one attached hydrogen (secondary N) is 1. The van der Waals surface area contributed by atoms with Crippen LogP contribution in [-0.4, -0.2) is 27.2 Å². The fourth-order valence-corrected chi connectivity index (χ4v) is 3.22. The van der Waals surface area contributed by atoms with E-state index in [0.29, 0.717) is 25.0 Å². The number of nitro groups is 1. The Morgan fingerprint density at radius 3 is 2.74 bits per heavy atom. The van der Waals surface area contributed by atoms with Crippen molar-refractivity contribution in [3.8, 4) is 0 Å². The zero-order chi connectivity index (χ0) is 19.6. The monoisotopic (exact) mass is 382 g/mol. The highest BCUT2D eigenvalue weighted by Crippen LogP contribution is 2.35. The Morgan fingerprint density at radius 2 is 2.04 bits per heavy atom. The summed E-state index contributed by atoms with van der Waals surface area (Å²) in [6.07, 6.45) is -2.12. The van der Waals surface area contributed by atoms with Crippen LogP contribution in [0.4, 0.5) is 18.9 Å². The molecular weight excluding hydrogens is 365 g/mol. The molecule has 7 nitrogen and oxygen atoms in total. The number of nitrogens with zero attached hydrogens (tertiary/aromatic N) is 3. The van der Waals surface area contributed by atoms with E-state index in [4.69, 9.17) is 0 Å². The molecule has 0 saturated heterocycles. The van der Waals surface area contributed by atoms with Crippen LogP contribution in [0, 0.1) is 10.1 Å². The Balaban J connectivity index is 1.69. The van der Waals surface area contributed by atoms with Crippen molar-refractivity contribution in [1.29, 1.82) is 0 Å². The summed E-state index contributed by atoms with van der Waals surface area (Å²) in [5.74, 6) is -0.532. The van der Waals surface area contributed by atoms with Crippen LogP contribution in [0.2, 0.25) is 0 Å². The largest absolute Gasteiger partial charge is 0.435 e. The molecule has 0 unspecified atom stereocenters. The molecule has 0 spiro atoms. The summed E-state index contributed by atoms with van der Waals surface area (Å²) in [5, 5.41) is 17.1. The van der Waals surface area contributed by atoms with E-state index >= 15 is 0 Å². The predicted octanol–water partition coefficient (Wildman–Crippen LogP) is 3.12. The van der Waals surface area contributed by atoms with Gasteiger partial charge in [0.05, 0.1) is 11.5 Å². The molecule has 1 N–H and O–H groups in total. The molecule has 0 atom stereocenters. The number of hydrogen-bond acceptors (Lipinski definition) is 4. The zero-order valence-corrected chi connectivity index (χ0v) is 14.3. The first kappa shape index (κ1) is 18.9. The minimum absolute atomic E-state index is 0.0624. The van der Waals surface area contributed by atoms with Crippen molar-refractivity contribution < 1.29 is 22.9 Å². The predicted molar refractivity (Wildman–Crippen MR) is 89.3 cm³/mol. The quantitative estimate of drug-likeness (QED) is 0.636. The third-order valence-electron chi connectivity index (χ3n) is 4.45. The van der Waals surface area contributed by atoms with Crippen LogP contribution in [0.3, 0.4) is 0 Å². The van der Waals surface area contributed by atoms with Gasteiger partial charge >= 0.3 is 6.18 Å². The Labute approximate surface area is 152 Å². The number of non-ortho nitro benzene ring substituents is 1. The number of benzene rings is 1. The van der Waals surface area contributed by atoms with Crippen LogP contribution in [0.1, 0.15) is 40.2 Å². The molecular formula is C17H17F3N4O3. The van der Waals surface area contributed by atoms with E-state index in [1.807, 2.05) is 0 Å². The molecule has 144 valence electrons. The van der Waals surface area contributed by atoms with Gasteiger partial charge in [0.25, 0.3) is 11.6 Å². The van der Waals surface area contributed by atoms with Gasteiger partial charge < -0.3 is 5.32 Å². The van der Waals surface area contributed by atoms with Crippen LogP contribution in [0.25, 0.3) is 0 Å². The second kappa shape index (κ2) is 7.37. The van der Waals surface area contributed by atoms with Crippen LogP contribution < -0.4 is 5.32 Å². The molecule has 0 fully saturated rings. The molecule has 27 heavy (non-hydrogen) atoms. The Kier molecular flexibility index (Phi) is 5.15. The standard InChI is InChI=1S/C17H17F3N4O3/c18-17(19,20)15-13-6-1-2-7-14(13)23(22-15)9-8-21-16(25)11-4-3-5-12(10-11)24(26)27/h3-5,10H,1-2,6-9H2,(H,21,25). The van der Waals surface area contributed by atoms with E-state index in [0.717, 1.165) is 12.5 Å². The van der Waals surface area contributed by atoms with Crippen molar-refractivity contribution in [3.05, 3.63) is 56.9 Å². The number of aromatic nitrogens is 2. The van der Waals surface area contributed by atoms with E-state index in [-0.39, 0.29) is 29.9 Å². The summed E-state index contributed by atoms with van der Waals surface area (Å²) < 4.78 is 40.8. The Bertz CT molecular complexity index is 877. The molecule has 1 aromatic carbocycles. The highest BCUT2D eigenvalue weighted by Gasteiger charge is 2.39. The van der Waals surface area contributed by atoms with Gasteiger partial charge in [-0.15, -0.1) is 0 Å². The van der Waals surface area contributed by atoms with Crippen LogP contribution in [0.5, 0.6) is 0 Å². The lowest BCUT2D eigenvalue weighted by atomic mass is 9.95. The van der Waals surface area contributed by atoms with Gasteiger partial charge in [0, 0.05) is 35.5 Å². The molecule has 2 aromatic rings. The number of amides is 1. The maximum atomic E-state index is 13.2. The Morgan fingerprint density at radius 1 is 1.30 bits per heavy atom. The van der Waals surface area contributed by atoms with Crippen molar-refractivity contribution >= 4 is 11.6 Å². The van der Waals surface area contributed by atoms with Crippen molar-refractivity contribution in [2.24, 2.45) is 0 Å². The van der Waals surface area contributed by atoms with Gasteiger partial charge in [0.1, 0.15) is 0 Å². The number of carbonyl (C=O) groups is 1. The van der Waals surface area contributed by atoms with Crippen LogP contribution >= 0.6 is 0 Å². The summed E-state index contributed by atoms with van der Waals surface area (Å²) in [6, 6.07) is 5.24. The average Bonchev–Trinajstić information content (AvgIpc) is 3.01. The molecule has 0 saturated carbocycles. The van der Waals surface area contributed by atoms with Crippen LogP contribution in [-0.2, 0) is 25.6 Å². The summed E-state index contributed by atoms with van der Waals surface area (Å²) in [4.78, 5) is 22.3. The number of nitro benzene ring substituents is 1. The Hall–Kier alpha value is -2.91. The van der Waals surface area contributed by atoms with Crippen LogP contribution in [0.15, 0.2) is 24.3 Å². The summed E-state index contributed by atoms with van der Waals surface area (Å²) in [5.41, 5.74) is -0.125. The number of rotatable bonds is 5. The van der Waals surface area contributed by atoms with E-state index < -0.39 is 22.7 Å². The maximum absolute atomic E-state index is 13.2. The third-order valence-corrected chi connectivity index (χ3v) is 4.45. The lowest BCUT2D eigenvalue weighted by Crippen LogP contribution is -2.28. The normalized spacial score (nSPS) is 13.9. The first-order valence-electron chi connectivity index (χ1n) is 8.46. The highest BCUT2D eigenvalue weighted by atomic mass is 19.4. The molecule has 0 bridgehead atoms. The second-order valence-corrected chi connectivity index (χ2v) is 6.27. The minimum Gasteiger partial charge on any atom is -0.350 e. The lowest BCUT2D eigenvalue weighted by Gasteiger charge is -2.15. The van der Waals surface area contributed by atoms with Crippen molar-refractivity contribution in [3.63, 3.8) is 0 Å². The maximum Gasteiger partial charge on any atom is 0.435 e. The van der Waals surface area contributed by atoms with Gasteiger partial charge in [-0.1, -0.05) is 6.07 Å². The lowest BCUT2D eigenvalue weighted by molar-refractivity contribution is -0.384. The topological polar surface area (TPSA) is 90.1 Å². The first-order valence-corrected chi connectivity index (χ1v) is 8.46. The second-order valence-electron chi connectivity index (χ2n) is 6.27. The SMILES string of the molecule is O=C(NCCn1nc(C(F)(F)F)c2c1CCCC2)c1cccc([N+](=O)[O-])c1. The molecule has 10 heteroatoms. The highest BCUT2D eigenvalue weighted by molar-refractivity contribution is 5.94. The molecule has 3 rings (SSSR count). The first-order chi connectivity index (χ1) is 12.8. The van der Waals surface area contributed by atoms with Gasteiger partial charge in [-0.3, -0.25) is 19.6 Å². The molecule has 1 heterocycles. The number of carbonyl (C=O) groups excluding carboxylic acids is 1. The van der Waals surface area contributed by atoms with Gasteiger partial charge in [0.2, 0.25) is 0 Å². The number of alkyl halides is 3. The minimum atomic E-state index is -4.50. The third kappa shape index (κ3) is 4.09. The molecule has 1 aliphatic carbocycles. The average molecular weight is 382 g/mol. The van der Waals surface area contributed by atoms with Crippen molar-refractivity contribution in [1.82, 2.24) is 15.1 Å². The molecule has 0 aliphatic heterocycles. The molecule has 0 radical (unpaired) electrons. The fourth-order valence-electron chi connectivity index (χ4n) is 3.22. The van der Waals surface area contributed by atoms with Crippen molar-refractivity contribution in [2.45, 2.75) is 38.4 Å². The molecule has 1 amide bonds. The summed E-state index contributed by atoms with van der Waals surface area (Å²) >= 11 is 0. The zero-order valence-electron chi connectivity index (χ0n) is 14.3. The van der Waals surface area contributed by atoms with Gasteiger partial charge in [-0.05, 0) is 31.7 Å². The number of halogens is 3. The van der Waals surface area contributed by atoms with E-state index in [1.54, 1.807) is 0 Å². The van der Waals surface area contributed by atoms with Crippen molar-refractivity contribution in [2.75, 3.05) is 6.54 Å². The van der Waals surface area contributed by atoms with E-state index in [1.165, 1.54) is 22.9 Å². The summed E-state index contributed by atoms with van der Waals surface area (Å²) in [6.45, 7) is 0.159. The van der Waals surface area contributed by atoms with Gasteiger partial charge in [0.15, 0.2) is 5.69 Å². The van der Waals surface area contributed by atoms with Gasteiger partial charge in [-0.25, -0.2) is 0 Å². The smallest absolute Gasteiger partial charge is 0.350 e. The molecule has 1 aliphatic rings. The van der Waals surface area contributed by atoms with E-state index in [9.17, 15) is 28.1 Å². The number of fused-ring (bicyclic) bond motifs is 1. The van der Waals surface area contributed by atoms with Gasteiger partial charge in [-0.2, -0.15) is 18.3 Å². The fraction of sp³-hybridized carbons (Fsp3) is 0.412.